The Balaban J connectivity index is 1.99. The monoisotopic (exact) mass is 266 g/mol. The maximum absolute atomic E-state index is 12.1. The molecule has 0 amide bonds. The molecule has 1 N–H and O–H groups in total. The first-order valence-corrected chi connectivity index (χ1v) is 6.72. The lowest BCUT2D eigenvalue weighted by Gasteiger charge is -2.08. The van der Waals surface area contributed by atoms with Crippen LogP contribution >= 0.6 is 0 Å². The van der Waals surface area contributed by atoms with E-state index >= 15 is 0 Å². The van der Waals surface area contributed by atoms with Crippen LogP contribution in [0.1, 0.15) is 22.3 Å². The molecule has 0 saturated heterocycles. The number of aliphatic hydroxyl groups excluding tert-OH is 1. The maximum atomic E-state index is 12.1. The van der Waals surface area contributed by atoms with Gasteiger partial charge in [0.25, 0.3) is 0 Å². The van der Waals surface area contributed by atoms with Gasteiger partial charge in [0.15, 0.2) is 5.78 Å². The lowest BCUT2D eigenvalue weighted by molar-refractivity contribution is 0.0952. The Morgan fingerprint density at radius 2 is 1.60 bits per heavy atom. The van der Waals surface area contributed by atoms with Crippen LogP contribution in [0.5, 0.6) is 0 Å². The van der Waals surface area contributed by atoms with E-state index in [2.05, 4.69) is 0 Å². The highest BCUT2D eigenvalue weighted by Gasteiger charge is 2.11. The topological polar surface area (TPSA) is 37.3 Å². The summed E-state index contributed by atoms with van der Waals surface area (Å²) in [5, 5.41) is 9.40. The summed E-state index contributed by atoms with van der Waals surface area (Å²) in [6.07, 6.45) is 4.17. The predicted octanol–water partition coefficient (Wildman–Crippen LogP) is 3.58. The molecule has 102 valence electrons. The van der Waals surface area contributed by atoms with Crippen molar-refractivity contribution < 1.29 is 9.90 Å². The molecule has 0 aromatic heterocycles. The van der Waals surface area contributed by atoms with Crippen LogP contribution in [-0.4, -0.2) is 17.5 Å². The van der Waals surface area contributed by atoms with Gasteiger partial charge >= 0.3 is 0 Å². The van der Waals surface area contributed by atoms with Crippen LogP contribution in [0, 0.1) is 5.92 Å². The molecule has 0 radical (unpaired) electrons. The largest absolute Gasteiger partial charge is 0.396 e. The van der Waals surface area contributed by atoms with Crippen LogP contribution < -0.4 is 0 Å². The first-order valence-electron chi connectivity index (χ1n) is 6.72. The van der Waals surface area contributed by atoms with Crippen LogP contribution in [0.3, 0.4) is 0 Å². The van der Waals surface area contributed by atoms with Crippen LogP contribution in [-0.2, 0) is 0 Å². The van der Waals surface area contributed by atoms with Crippen LogP contribution in [0.4, 0.5) is 0 Å². The summed E-state index contributed by atoms with van der Waals surface area (Å²) in [6, 6.07) is 19.0. The number of ketones is 1. The number of rotatable bonds is 6. The number of hydrogen-bond acceptors (Lipinski definition) is 2. The lowest BCUT2D eigenvalue weighted by Crippen LogP contribution is -2.10. The number of carbonyl (C=O) groups excluding carboxylic acids is 1. The predicted molar refractivity (Wildman–Crippen MR) is 81.4 cm³/mol. The Morgan fingerprint density at radius 3 is 2.20 bits per heavy atom. The van der Waals surface area contributed by atoms with Gasteiger partial charge in [-0.1, -0.05) is 72.8 Å². The van der Waals surface area contributed by atoms with Gasteiger partial charge in [-0.15, -0.1) is 0 Å². The summed E-state index contributed by atoms with van der Waals surface area (Å²) >= 11 is 0. The van der Waals surface area contributed by atoms with Gasteiger partial charge in [0.2, 0.25) is 0 Å². The van der Waals surface area contributed by atoms with E-state index in [1.54, 1.807) is 12.1 Å². The second-order valence-electron chi connectivity index (χ2n) is 4.71. The Hall–Kier alpha value is -2.19. The highest BCUT2D eigenvalue weighted by molar-refractivity contribution is 5.96. The molecule has 1 atom stereocenters. The van der Waals surface area contributed by atoms with Crippen molar-refractivity contribution in [2.45, 2.75) is 6.42 Å². The first-order chi connectivity index (χ1) is 9.79. The molecular weight excluding hydrogens is 248 g/mol. The number of benzene rings is 2. The maximum Gasteiger partial charge on any atom is 0.163 e. The molecule has 20 heavy (non-hydrogen) atoms. The Labute approximate surface area is 119 Å². The molecule has 0 spiro atoms. The average Bonchev–Trinajstić information content (AvgIpc) is 2.53. The normalized spacial score (nSPS) is 12.4. The fraction of sp³-hybridized carbons (Fsp3) is 0.167. The van der Waals surface area contributed by atoms with E-state index in [9.17, 15) is 9.90 Å². The van der Waals surface area contributed by atoms with Crippen molar-refractivity contribution in [2.75, 3.05) is 6.61 Å². The van der Waals surface area contributed by atoms with Crippen molar-refractivity contribution in [2.24, 2.45) is 5.92 Å². The second-order valence-corrected chi connectivity index (χ2v) is 4.71. The van der Waals surface area contributed by atoms with Gasteiger partial charge in [0.05, 0.1) is 0 Å². The molecule has 0 bridgehead atoms. The van der Waals surface area contributed by atoms with E-state index in [1.165, 1.54) is 0 Å². The average molecular weight is 266 g/mol. The van der Waals surface area contributed by atoms with Crippen LogP contribution in [0.25, 0.3) is 6.08 Å². The van der Waals surface area contributed by atoms with Crippen LogP contribution in [0.2, 0.25) is 0 Å². The van der Waals surface area contributed by atoms with Crippen molar-refractivity contribution in [1.82, 2.24) is 0 Å². The minimum Gasteiger partial charge on any atom is -0.396 e. The molecule has 2 heteroatoms. The second kappa shape index (κ2) is 7.41. The van der Waals surface area contributed by atoms with Gasteiger partial charge in [-0.2, -0.15) is 0 Å². The SMILES string of the molecule is O=C(C[C@@H](/C=C/c1ccccc1)CO)c1ccccc1. The fourth-order valence-electron chi connectivity index (χ4n) is 1.98. The van der Waals surface area contributed by atoms with E-state index in [1.807, 2.05) is 60.7 Å². The van der Waals surface area contributed by atoms with E-state index in [-0.39, 0.29) is 18.3 Å². The van der Waals surface area contributed by atoms with Gasteiger partial charge < -0.3 is 5.11 Å². The van der Waals surface area contributed by atoms with Gasteiger partial charge in [-0.3, -0.25) is 4.79 Å². The molecule has 0 saturated carbocycles. The zero-order valence-electron chi connectivity index (χ0n) is 11.3. The Morgan fingerprint density at radius 1 is 1.00 bits per heavy atom. The quantitative estimate of drug-likeness (QED) is 0.811. The first kappa shape index (κ1) is 14.2. The van der Waals surface area contributed by atoms with Crippen molar-refractivity contribution in [1.29, 1.82) is 0 Å². The summed E-state index contributed by atoms with van der Waals surface area (Å²) in [6.45, 7) is -0.0259. The number of aliphatic hydroxyl groups is 1. The standard InChI is InChI=1S/C18H18O2/c19-14-16(12-11-15-7-3-1-4-8-15)13-18(20)17-9-5-2-6-10-17/h1-12,16,19H,13-14H2/b12-11+/t16-/m1/s1. The fourth-order valence-corrected chi connectivity index (χ4v) is 1.98. The van der Waals surface area contributed by atoms with Gasteiger partial charge in [-0.05, 0) is 5.56 Å². The summed E-state index contributed by atoms with van der Waals surface area (Å²) in [7, 11) is 0. The van der Waals surface area contributed by atoms with E-state index < -0.39 is 0 Å². The zero-order chi connectivity index (χ0) is 14.2. The van der Waals surface area contributed by atoms with Gasteiger partial charge in [-0.25, -0.2) is 0 Å². The third-order valence-electron chi connectivity index (χ3n) is 3.14. The molecule has 0 heterocycles. The molecular formula is C18H18O2. The Bertz CT molecular complexity index is 558. The smallest absolute Gasteiger partial charge is 0.163 e. The summed E-state index contributed by atoms with van der Waals surface area (Å²) in [5.41, 5.74) is 1.76. The number of carbonyl (C=O) groups is 1. The number of Topliss-reactive ketones (excluding diaryl/α,β-unsaturated/α-hetero) is 1. The molecule has 2 rings (SSSR count). The molecule has 2 aromatic carbocycles. The minimum atomic E-state index is -0.150. The van der Waals surface area contributed by atoms with Crippen LogP contribution in [0.15, 0.2) is 66.7 Å². The van der Waals surface area contributed by atoms with Crippen molar-refractivity contribution in [3.05, 3.63) is 77.9 Å². The summed E-state index contributed by atoms with van der Waals surface area (Å²) in [4.78, 5) is 12.1. The van der Waals surface area contributed by atoms with E-state index in [0.29, 0.717) is 12.0 Å². The van der Waals surface area contributed by atoms with Gasteiger partial charge in [0.1, 0.15) is 0 Å². The lowest BCUT2D eigenvalue weighted by atomic mass is 9.98. The molecule has 0 aliphatic heterocycles. The minimum absolute atomic E-state index is 0.0259. The molecule has 0 unspecified atom stereocenters. The van der Waals surface area contributed by atoms with Crippen molar-refractivity contribution in [3.63, 3.8) is 0 Å². The van der Waals surface area contributed by atoms with Crippen molar-refractivity contribution >= 4 is 11.9 Å². The third-order valence-corrected chi connectivity index (χ3v) is 3.14. The van der Waals surface area contributed by atoms with Gasteiger partial charge in [0, 0.05) is 24.5 Å². The van der Waals surface area contributed by atoms with Crippen molar-refractivity contribution in [3.8, 4) is 0 Å². The third kappa shape index (κ3) is 4.18. The highest BCUT2D eigenvalue weighted by Crippen LogP contribution is 2.13. The zero-order valence-corrected chi connectivity index (χ0v) is 11.3. The molecule has 2 aromatic rings. The molecule has 0 aliphatic rings. The molecule has 2 nitrogen and oxygen atoms in total. The Kier molecular flexibility index (Phi) is 5.27. The highest BCUT2D eigenvalue weighted by atomic mass is 16.3. The summed E-state index contributed by atoms with van der Waals surface area (Å²) in [5.74, 6) is -0.0923. The van der Waals surface area contributed by atoms with E-state index in [4.69, 9.17) is 0 Å². The summed E-state index contributed by atoms with van der Waals surface area (Å²) < 4.78 is 0. The number of hydrogen-bond donors (Lipinski definition) is 1. The molecule has 0 fully saturated rings. The molecule has 0 aliphatic carbocycles. The van der Waals surface area contributed by atoms with E-state index in [0.717, 1.165) is 5.56 Å².